The van der Waals surface area contributed by atoms with Crippen molar-refractivity contribution in [3.63, 3.8) is 0 Å². The summed E-state index contributed by atoms with van der Waals surface area (Å²) in [6.07, 6.45) is 0. The first-order chi connectivity index (χ1) is 4.74. The molecule has 1 rings (SSSR count). The molecule has 0 aliphatic heterocycles. The largest absolute Gasteiger partial charge is 0.398 e. The smallest absolute Gasteiger partial charge is 0.0355 e. The summed E-state index contributed by atoms with van der Waals surface area (Å²) in [5.41, 5.74) is 7.68. The molecule has 0 spiro atoms. The predicted octanol–water partition coefficient (Wildman–Crippen LogP) is 2.77. The summed E-state index contributed by atoms with van der Waals surface area (Å²) in [5, 5.41) is 0.829. The van der Waals surface area contributed by atoms with Crippen LogP contribution in [0, 0.1) is 3.57 Å². The van der Waals surface area contributed by atoms with Gasteiger partial charge in [0.15, 0.2) is 0 Å². The van der Waals surface area contributed by atoms with Gasteiger partial charge in [-0.1, -0.05) is 15.9 Å². The molecule has 54 valence electrons. The van der Waals surface area contributed by atoms with Gasteiger partial charge in [0.25, 0.3) is 0 Å². The number of hydrogen-bond acceptors (Lipinski definition) is 1. The Kier molecular flexibility index (Phi) is 2.97. The van der Waals surface area contributed by atoms with E-state index in [1.54, 1.807) is 0 Å². The molecule has 0 heterocycles. The number of hydrogen-bond donors (Lipinski definition) is 1. The summed E-state index contributed by atoms with van der Waals surface area (Å²) in [5.74, 6) is 0. The fourth-order valence-corrected chi connectivity index (χ4v) is 1.73. The molecule has 0 aliphatic carbocycles. The zero-order valence-electron chi connectivity index (χ0n) is 5.27. The molecule has 0 aliphatic rings. The van der Waals surface area contributed by atoms with Gasteiger partial charge in [0.2, 0.25) is 0 Å². The second kappa shape index (κ2) is 3.57. The molecule has 1 aromatic carbocycles. The Bertz CT molecular complexity index is 237. The lowest BCUT2D eigenvalue weighted by molar-refractivity contribution is 1.42. The molecule has 0 unspecified atom stereocenters. The highest BCUT2D eigenvalue weighted by molar-refractivity contribution is 14.1. The third kappa shape index (κ3) is 1.85. The van der Waals surface area contributed by atoms with Crippen molar-refractivity contribution in [1.82, 2.24) is 0 Å². The molecule has 0 aromatic heterocycles. The molecule has 3 heteroatoms. The summed E-state index contributed by atoms with van der Waals surface area (Å²) >= 11 is 5.63. The van der Waals surface area contributed by atoms with Crippen molar-refractivity contribution >= 4 is 44.2 Å². The number of alkyl halides is 1. The number of anilines is 1. The highest BCUT2D eigenvalue weighted by Gasteiger charge is 1.95. The van der Waals surface area contributed by atoms with Crippen molar-refractivity contribution < 1.29 is 0 Å². The number of benzene rings is 1. The van der Waals surface area contributed by atoms with Crippen molar-refractivity contribution in [3.05, 3.63) is 27.3 Å². The van der Waals surface area contributed by atoms with E-state index in [4.69, 9.17) is 5.73 Å². The topological polar surface area (TPSA) is 26.0 Å². The van der Waals surface area contributed by atoms with Crippen LogP contribution < -0.4 is 5.73 Å². The van der Waals surface area contributed by atoms with Crippen LogP contribution in [0.25, 0.3) is 0 Å². The van der Waals surface area contributed by atoms with Gasteiger partial charge in [-0.05, 0) is 46.4 Å². The molecule has 10 heavy (non-hydrogen) atoms. The Balaban J connectivity index is 3.09. The van der Waals surface area contributed by atoms with Crippen LogP contribution in [-0.2, 0) is 5.33 Å². The van der Waals surface area contributed by atoms with Crippen molar-refractivity contribution in [3.8, 4) is 0 Å². The lowest BCUT2D eigenvalue weighted by Gasteiger charge is -2.00. The van der Waals surface area contributed by atoms with Crippen molar-refractivity contribution in [1.29, 1.82) is 0 Å². The van der Waals surface area contributed by atoms with Crippen molar-refractivity contribution in [2.24, 2.45) is 0 Å². The Morgan fingerprint density at radius 3 is 2.70 bits per heavy atom. The van der Waals surface area contributed by atoms with Crippen LogP contribution in [0.4, 0.5) is 5.69 Å². The van der Waals surface area contributed by atoms with Gasteiger partial charge in [0.05, 0.1) is 0 Å². The van der Waals surface area contributed by atoms with Gasteiger partial charge in [-0.3, -0.25) is 0 Å². The molecule has 0 fully saturated rings. The van der Waals surface area contributed by atoms with E-state index in [-0.39, 0.29) is 0 Å². The average molecular weight is 312 g/mol. The maximum Gasteiger partial charge on any atom is 0.0355 e. The monoisotopic (exact) mass is 311 g/mol. The molecule has 0 amide bonds. The molecular weight excluding hydrogens is 305 g/mol. The van der Waals surface area contributed by atoms with Gasteiger partial charge >= 0.3 is 0 Å². The molecule has 1 nitrogen and oxygen atoms in total. The summed E-state index contributed by atoms with van der Waals surface area (Å²) in [7, 11) is 0. The van der Waals surface area contributed by atoms with E-state index in [0.717, 1.165) is 16.6 Å². The van der Waals surface area contributed by atoms with Crippen LogP contribution in [-0.4, -0.2) is 0 Å². The standard InChI is InChI=1S/C7H7BrIN/c8-4-5-3-6(9)1-2-7(5)10/h1-3H,4,10H2. The lowest BCUT2D eigenvalue weighted by Crippen LogP contribution is -1.91. The minimum absolute atomic E-state index is 0.829. The third-order valence-electron chi connectivity index (χ3n) is 1.25. The number of nitrogen functional groups attached to an aromatic ring is 1. The summed E-state index contributed by atoms with van der Waals surface area (Å²) in [6, 6.07) is 6.01. The summed E-state index contributed by atoms with van der Waals surface area (Å²) in [4.78, 5) is 0. The quantitative estimate of drug-likeness (QED) is 0.482. The first kappa shape index (κ1) is 8.33. The third-order valence-corrected chi connectivity index (χ3v) is 2.52. The number of halogens is 2. The zero-order chi connectivity index (χ0) is 7.56. The number of nitrogens with two attached hydrogens (primary N) is 1. The second-order valence-corrected chi connectivity index (χ2v) is 3.78. The molecule has 0 saturated heterocycles. The Labute approximate surface area is 82.3 Å². The van der Waals surface area contributed by atoms with Crippen LogP contribution in [0.1, 0.15) is 5.56 Å². The average Bonchev–Trinajstić information content (AvgIpc) is 1.94. The maximum absolute atomic E-state index is 5.67. The molecule has 0 atom stereocenters. The Morgan fingerprint density at radius 2 is 2.20 bits per heavy atom. The van der Waals surface area contributed by atoms with Crippen LogP contribution >= 0.6 is 38.5 Å². The summed E-state index contributed by atoms with van der Waals surface area (Å²) < 4.78 is 1.22. The first-order valence-electron chi connectivity index (χ1n) is 2.84. The Hall–Kier alpha value is 0.230. The van der Waals surface area contributed by atoms with E-state index in [1.807, 2.05) is 12.1 Å². The van der Waals surface area contributed by atoms with Crippen molar-refractivity contribution in [2.75, 3.05) is 5.73 Å². The van der Waals surface area contributed by atoms with Gasteiger partial charge in [-0.2, -0.15) is 0 Å². The van der Waals surface area contributed by atoms with Gasteiger partial charge < -0.3 is 5.73 Å². The highest BCUT2D eigenvalue weighted by Crippen LogP contribution is 2.17. The van der Waals surface area contributed by atoms with E-state index in [0.29, 0.717) is 0 Å². The highest BCUT2D eigenvalue weighted by atomic mass is 127. The molecule has 0 bridgehead atoms. The fraction of sp³-hybridized carbons (Fsp3) is 0.143. The summed E-state index contributed by atoms with van der Waals surface area (Å²) in [6.45, 7) is 0. The minimum Gasteiger partial charge on any atom is -0.398 e. The van der Waals surface area contributed by atoms with Crippen LogP contribution in [0.2, 0.25) is 0 Å². The van der Waals surface area contributed by atoms with Gasteiger partial charge in [-0.25, -0.2) is 0 Å². The molecule has 1 aromatic rings. The van der Waals surface area contributed by atoms with Gasteiger partial charge in [0.1, 0.15) is 0 Å². The second-order valence-electron chi connectivity index (χ2n) is 1.98. The van der Waals surface area contributed by atoms with E-state index in [1.165, 1.54) is 3.57 Å². The predicted molar refractivity (Wildman–Crippen MR) is 56.2 cm³/mol. The van der Waals surface area contributed by atoms with Crippen LogP contribution in [0.3, 0.4) is 0 Å². The van der Waals surface area contributed by atoms with E-state index in [2.05, 4.69) is 44.6 Å². The molecular formula is C7H7BrIN. The van der Waals surface area contributed by atoms with Crippen LogP contribution in [0.15, 0.2) is 18.2 Å². The maximum atomic E-state index is 5.67. The van der Waals surface area contributed by atoms with Gasteiger partial charge in [0, 0.05) is 14.6 Å². The molecule has 0 radical (unpaired) electrons. The molecule has 0 saturated carbocycles. The Morgan fingerprint density at radius 1 is 1.50 bits per heavy atom. The normalized spacial score (nSPS) is 9.80. The fourth-order valence-electron chi connectivity index (χ4n) is 0.690. The van der Waals surface area contributed by atoms with Crippen LogP contribution in [0.5, 0.6) is 0 Å². The minimum atomic E-state index is 0.829. The first-order valence-corrected chi connectivity index (χ1v) is 5.04. The van der Waals surface area contributed by atoms with Gasteiger partial charge in [-0.15, -0.1) is 0 Å². The van der Waals surface area contributed by atoms with E-state index < -0.39 is 0 Å². The lowest BCUT2D eigenvalue weighted by atomic mass is 10.2. The number of rotatable bonds is 1. The molecule has 2 N–H and O–H groups in total. The van der Waals surface area contributed by atoms with E-state index >= 15 is 0 Å². The SMILES string of the molecule is Nc1ccc(I)cc1CBr. The van der Waals surface area contributed by atoms with E-state index in [9.17, 15) is 0 Å². The zero-order valence-corrected chi connectivity index (χ0v) is 9.02. The van der Waals surface area contributed by atoms with Crippen molar-refractivity contribution in [2.45, 2.75) is 5.33 Å².